The van der Waals surface area contributed by atoms with E-state index in [0.29, 0.717) is 38.5 Å². The molecule has 0 aliphatic rings. The van der Waals surface area contributed by atoms with E-state index in [4.69, 9.17) is 37.0 Å². The number of allylic oxidation sites excluding steroid dienone is 18. The summed E-state index contributed by atoms with van der Waals surface area (Å²) in [5.41, 5.74) is 0. The summed E-state index contributed by atoms with van der Waals surface area (Å²) in [7, 11) is -9.99. The molecule has 0 aromatic heterocycles. The van der Waals surface area contributed by atoms with Crippen LogP contribution >= 0.6 is 15.6 Å². The molecule has 0 spiro atoms. The van der Waals surface area contributed by atoms with E-state index in [2.05, 4.69) is 107 Å². The number of esters is 4. The number of aliphatic hydroxyl groups is 1. The van der Waals surface area contributed by atoms with Gasteiger partial charge in [0.05, 0.1) is 26.4 Å². The van der Waals surface area contributed by atoms with Crippen LogP contribution in [0.4, 0.5) is 0 Å². The third kappa shape index (κ3) is 74.0. The third-order valence-corrected chi connectivity index (χ3v) is 18.7. The monoisotopic (exact) mass is 1470 g/mol. The van der Waals surface area contributed by atoms with E-state index < -0.39 is 97.5 Å². The molecular weight excluding hydrogens is 1330 g/mol. The van der Waals surface area contributed by atoms with Crippen LogP contribution in [0.3, 0.4) is 0 Å². The molecule has 5 atom stereocenters. The number of carbonyl (C=O) groups is 4. The summed E-state index contributed by atoms with van der Waals surface area (Å²) < 4.78 is 68.4. The van der Waals surface area contributed by atoms with Crippen molar-refractivity contribution in [3.05, 3.63) is 109 Å². The highest BCUT2D eigenvalue weighted by molar-refractivity contribution is 7.47. The summed E-state index contributed by atoms with van der Waals surface area (Å²) in [6.07, 6.45) is 80.9. The maximum absolute atomic E-state index is 13.1. The summed E-state index contributed by atoms with van der Waals surface area (Å²) in [5, 5.41) is 10.6. The number of unbranched alkanes of at least 4 members (excludes halogenated alkanes) is 31. The van der Waals surface area contributed by atoms with E-state index >= 15 is 0 Å². The fourth-order valence-electron chi connectivity index (χ4n) is 10.6. The van der Waals surface area contributed by atoms with Crippen LogP contribution in [0, 0.1) is 0 Å². The first kappa shape index (κ1) is 97.7. The van der Waals surface area contributed by atoms with Crippen LogP contribution in [0.1, 0.15) is 336 Å². The predicted octanol–water partition coefficient (Wildman–Crippen LogP) is 23.3. The van der Waals surface area contributed by atoms with Crippen molar-refractivity contribution < 1.29 is 80.2 Å². The predicted molar refractivity (Wildman–Crippen MR) is 418 cm³/mol. The Bertz CT molecular complexity index is 2360. The van der Waals surface area contributed by atoms with Crippen LogP contribution in [0.15, 0.2) is 109 Å². The zero-order valence-corrected chi connectivity index (χ0v) is 66.0. The number of hydrogen-bond acceptors (Lipinski definition) is 15. The Balaban J connectivity index is 5.46. The molecule has 0 aliphatic carbocycles. The number of aliphatic hydroxyl groups excluding tert-OH is 1. The van der Waals surface area contributed by atoms with Gasteiger partial charge in [0.15, 0.2) is 12.2 Å². The zero-order chi connectivity index (χ0) is 74.6. The smallest absolute Gasteiger partial charge is 0.462 e. The standard InChI is InChI=1S/C83H144O17P2/c1-5-9-13-17-21-25-29-33-35-37-38-40-42-46-50-54-58-62-66-70-83(88)100-79(74-94-81(86)68-64-60-56-52-48-45-41-39-36-34-30-26-22-18-14-10-6-2)76-98-102(91,92)96-72-77(84)71-95-101(89,90)97-75-78(99-82(87)69-65-61-57-53-49-44-32-28-24-20-16-12-8-4)73-93-80(85)67-63-59-55-51-47-43-31-27-23-19-15-11-7-3/h21-22,25-26,33-36,38,40-41,45-46,50,52,56,58,62,77-79,84H,5-20,23-24,27-32,37,39,42-44,47-49,51,53-55,57,59-61,63-76H2,1-4H3,(H,89,90)(H,91,92)/b25-21-,26-22-,35-33-,36-34-,40-38-,45-41-,50-46-,56-52-,62-58-/t77-,78+,79+/m0/s1. The normalized spacial score (nSPS) is 14.5. The van der Waals surface area contributed by atoms with Crippen molar-refractivity contribution >= 4 is 39.5 Å². The van der Waals surface area contributed by atoms with Crippen LogP contribution in [0.25, 0.3) is 0 Å². The highest BCUT2D eigenvalue weighted by Gasteiger charge is 2.30. The van der Waals surface area contributed by atoms with Crippen LogP contribution < -0.4 is 0 Å². The van der Waals surface area contributed by atoms with Gasteiger partial charge in [0, 0.05) is 25.7 Å². The van der Waals surface area contributed by atoms with Crippen molar-refractivity contribution in [1.82, 2.24) is 0 Å². The topological polar surface area (TPSA) is 237 Å². The first-order chi connectivity index (χ1) is 49.7. The number of phosphoric acid groups is 2. The van der Waals surface area contributed by atoms with Crippen LogP contribution in [0.2, 0.25) is 0 Å². The molecule has 102 heavy (non-hydrogen) atoms. The van der Waals surface area contributed by atoms with Crippen LogP contribution in [-0.2, 0) is 65.4 Å². The van der Waals surface area contributed by atoms with Crippen molar-refractivity contribution in [2.24, 2.45) is 0 Å². The second-order valence-electron chi connectivity index (χ2n) is 26.7. The lowest BCUT2D eigenvalue weighted by atomic mass is 10.0. The lowest BCUT2D eigenvalue weighted by molar-refractivity contribution is -0.161. The minimum absolute atomic E-state index is 0.0408. The van der Waals surface area contributed by atoms with Gasteiger partial charge in [0.2, 0.25) is 0 Å². The number of rotatable bonds is 75. The molecule has 3 N–H and O–H groups in total. The first-order valence-corrected chi connectivity index (χ1v) is 43.1. The van der Waals surface area contributed by atoms with Gasteiger partial charge in [-0.15, -0.1) is 0 Å². The van der Waals surface area contributed by atoms with Crippen molar-refractivity contribution in [2.75, 3.05) is 39.6 Å². The highest BCUT2D eigenvalue weighted by Crippen LogP contribution is 2.45. The lowest BCUT2D eigenvalue weighted by Gasteiger charge is -2.21. The maximum Gasteiger partial charge on any atom is 0.472 e. The molecule has 0 amide bonds. The maximum atomic E-state index is 13.1. The molecular formula is C83H144O17P2. The van der Waals surface area contributed by atoms with Gasteiger partial charge in [0.25, 0.3) is 0 Å². The van der Waals surface area contributed by atoms with E-state index in [-0.39, 0.29) is 25.7 Å². The molecule has 0 saturated heterocycles. The van der Waals surface area contributed by atoms with E-state index in [1.807, 2.05) is 30.4 Å². The first-order valence-electron chi connectivity index (χ1n) is 40.1. The molecule has 0 aliphatic heterocycles. The fourth-order valence-corrected chi connectivity index (χ4v) is 12.2. The summed E-state index contributed by atoms with van der Waals surface area (Å²) in [6.45, 7) is 4.71. The Morgan fingerprint density at radius 2 is 0.510 bits per heavy atom. The van der Waals surface area contributed by atoms with Gasteiger partial charge in [-0.05, 0) is 103 Å². The molecule has 0 aromatic rings. The summed E-state index contributed by atoms with van der Waals surface area (Å²) >= 11 is 0. The molecule has 0 saturated carbocycles. The molecule has 0 rings (SSSR count). The van der Waals surface area contributed by atoms with E-state index in [1.54, 1.807) is 0 Å². The van der Waals surface area contributed by atoms with Gasteiger partial charge in [-0.3, -0.25) is 37.3 Å². The third-order valence-electron chi connectivity index (χ3n) is 16.8. The second kappa shape index (κ2) is 75.0. The fraction of sp³-hybridized carbons (Fsp3) is 0.735. The van der Waals surface area contributed by atoms with Crippen molar-refractivity contribution in [1.29, 1.82) is 0 Å². The summed E-state index contributed by atoms with van der Waals surface area (Å²) in [5.74, 6) is -2.32. The number of phosphoric ester groups is 2. The number of carbonyl (C=O) groups excluding carboxylic acids is 4. The van der Waals surface area contributed by atoms with E-state index in [0.717, 1.165) is 96.3 Å². The Morgan fingerprint density at radius 3 is 0.833 bits per heavy atom. The van der Waals surface area contributed by atoms with Crippen LogP contribution in [-0.4, -0.2) is 96.7 Å². The average molecular weight is 1480 g/mol. The Labute approximate surface area is 619 Å². The van der Waals surface area contributed by atoms with Crippen molar-refractivity contribution in [2.45, 2.75) is 354 Å². The Kier molecular flexibility index (Phi) is 71.8. The summed E-state index contributed by atoms with van der Waals surface area (Å²) in [4.78, 5) is 72.9. The largest absolute Gasteiger partial charge is 0.472 e. The van der Waals surface area contributed by atoms with E-state index in [9.17, 15) is 43.2 Å². The van der Waals surface area contributed by atoms with Gasteiger partial charge in [-0.2, -0.15) is 0 Å². The highest BCUT2D eigenvalue weighted by atomic mass is 31.2. The molecule has 0 bridgehead atoms. The minimum Gasteiger partial charge on any atom is -0.462 e. The van der Waals surface area contributed by atoms with Gasteiger partial charge in [0.1, 0.15) is 19.3 Å². The van der Waals surface area contributed by atoms with Gasteiger partial charge in [-0.25, -0.2) is 9.13 Å². The Hall–Kier alpha value is -4.28. The van der Waals surface area contributed by atoms with Gasteiger partial charge < -0.3 is 33.8 Å². The molecule has 17 nitrogen and oxygen atoms in total. The molecule has 588 valence electrons. The molecule has 0 heterocycles. The number of hydrogen-bond donors (Lipinski definition) is 3. The average Bonchev–Trinajstić information content (AvgIpc) is 0.907. The molecule has 19 heteroatoms. The molecule has 0 fully saturated rings. The summed E-state index contributed by atoms with van der Waals surface area (Å²) in [6, 6.07) is 0. The quantitative estimate of drug-likeness (QED) is 0.0169. The van der Waals surface area contributed by atoms with Crippen molar-refractivity contribution in [3.63, 3.8) is 0 Å². The van der Waals surface area contributed by atoms with E-state index in [1.165, 1.54) is 148 Å². The number of ether oxygens (including phenoxy) is 4. The lowest BCUT2D eigenvalue weighted by Crippen LogP contribution is -2.30. The molecule has 2 unspecified atom stereocenters. The molecule has 0 radical (unpaired) electrons. The minimum atomic E-state index is -5.01. The van der Waals surface area contributed by atoms with Gasteiger partial charge >= 0.3 is 39.5 Å². The van der Waals surface area contributed by atoms with Gasteiger partial charge in [-0.1, -0.05) is 317 Å². The van der Waals surface area contributed by atoms with Crippen LogP contribution in [0.5, 0.6) is 0 Å². The Morgan fingerprint density at radius 1 is 0.275 bits per heavy atom. The second-order valence-corrected chi connectivity index (χ2v) is 29.6. The van der Waals surface area contributed by atoms with Crippen molar-refractivity contribution in [3.8, 4) is 0 Å². The zero-order valence-electron chi connectivity index (χ0n) is 64.3. The molecule has 0 aromatic carbocycles. The SMILES string of the molecule is CCCCC/C=C\C/C=C\C/C=C\C/C=C\C/C=C\CCC(=O)O[C@H](COC(=O)CCC/C=C\C/C=C\C/C=C\C/C=C\CCCCC)COP(=O)(O)OC[C@@H](O)COP(=O)(O)OC[C@@H](COC(=O)CCCCCCCCCCCCCCC)OC(=O)CCCCCCCCCCCCCCC.